The number of carboxylic acids is 2. The third-order valence-corrected chi connectivity index (χ3v) is 8.23. The molecule has 0 radical (unpaired) electrons. The Labute approximate surface area is 266 Å². The van der Waals surface area contributed by atoms with E-state index in [4.69, 9.17) is 4.99 Å². The summed E-state index contributed by atoms with van der Waals surface area (Å²) >= 11 is 0. The van der Waals surface area contributed by atoms with Crippen LogP contribution in [0.4, 0.5) is 0 Å². The van der Waals surface area contributed by atoms with Crippen molar-refractivity contribution in [1.82, 2.24) is 15.3 Å². The monoisotopic (exact) mass is 632 g/mol. The van der Waals surface area contributed by atoms with Gasteiger partial charge in [-0.25, -0.2) is 0 Å². The second-order valence-corrected chi connectivity index (χ2v) is 11.2. The number of aromatic nitrogens is 2. The number of Topliss-reactive ketones (excluding diaryl/α,β-unsaturated/α-hetero) is 2. The molecule has 12 nitrogen and oxygen atoms in total. The summed E-state index contributed by atoms with van der Waals surface area (Å²) in [6.07, 6.45) is 4.37. The fourth-order valence-electron chi connectivity index (χ4n) is 5.67. The summed E-state index contributed by atoms with van der Waals surface area (Å²) in [5.41, 5.74) is 7.73. The SMILES string of the molecule is CNC(=C\c1[nH]c(CC2=NC(=Cc3[nH]c(O)c(C(C)=O)c3C)C(C)=C2CCC(=O)O)c(CCC(=O)O)c1C)/C(C)=C(\C=O)C(C)=O. The molecule has 244 valence electrons. The number of carbonyl (C=O) groups excluding carboxylic acids is 3. The van der Waals surface area contributed by atoms with E-state index in [0.717, 1.165) is 22.3 Å². The third kappa shape index (κ3) is 7.68. The van der Waals surface area contributed by atoms with E-state index in [-0.39, 0.29) is 60.7 Å². The van der Waals surface area contributed by atoms with Gasteiger partial charge in [0.15, 0.2) is 23.7 Å². The van der Waals surface area contributed by atoms with Gasteiger partial charge in [-0.1, -0.05) is 0 Å². The Balaban J connectivity index is 2.18. The van der Waals surface area contributed by atoms with Crippen molar-refractivity contribution in [1.29, 1.82) is 0 Å². The smallest absolute Gasteiger partial charge is 0.303 e. The minimum Gasteiger partial charge on any atom is -0.494 e. The van der Waals surface area contributed by atoms with Gasteiger partial charge >= 0.3 is 11.9 Å². The first-order valence-corrected chi connectivity index (χ1v) is 14.7. The Kier molecular flexibility index (Phi) is 11.2. The molecule has 6 N–H and O–H groups in total. The van der Waals surface area contributed by atoms with Crippen molar-refractivity contribution >= 4 is 47.7 Å². The first-order chi connectivity index (χ1) is 21.6. The maximum absolute atomic E-state index is 12.0. The zero-order valence-electron chi connectivity index (χ0n) is 27.1. The largest absolute Gasteiger partial charge is 0.494 e. The number of likely N-dealkylation sites (N-methyl/N-ethyl adjacent to an activating group) is 1. The quantitative estimate of drug-likeness (QED) is 0.0399. The number of carbonyl (C=O) groups is 5. The number of allylic oxidation sites excluding steroid dienone is 4. The number of nitrogens with one attached hydrogen (secondary N) is 3. The number of rotatable bonds is 15. The van der Waals surface area contributed by atoms with Gasteiger partial charge in [0.2, 0.25) is 0 Å². The number of aldehydes is 1. The highest BCUT2D eigenvalue weighted by molar-refractivity contribution is 6.12. The molecule has 46 heavy (non-hydrogen) atoms. The van der Waals surface area contributed by atoms with Gasteiger partial charge in [0.1, 0.15) is 0 Å². The van der Waals surface area contributed by atoms with E-state index >= 15 is 0 Å². The average molecular weight is 633 g/mol. The molecule has 0 amide bonds. The molecule has 3 heterocycles. The molecule has 0 unspecified atom stereocenters. The lowest BCUT2D eigenvalue weighted by Gasteiger charge is -2.10. The fourth-order valence-corrected chi connectivity index (χ4v) is 5.67. The van der Waals surface area contributed by atoms with Gasteiger partial charge in [-0.05, 0) is 99.9 Å². The maximum atomic E-state index is 12.0. The first-order valence-electron chi connectivity index (χ1n) is 14.7. The van der Waals surface area contributed by atoms with Crippen LogP contribution in [0.2, 0.25) is 0 Å². The fraction of sp³-hybridized carbons (Fsp3) is 0.353. The van der Waals surface area contributed by atoms with Crippen molar-refractivity contribution in [2.45, 2.75) is 73.6 Å². The van der Waals surface area contributed by atoms with Gasteiger partial charge in [0.25, 0.3) is 0 Å². The van der Waals surface area contributed by atoms with Crippen molar-refractivity contribution in [3.05, 3.63) is 73.0 Å². The summed E-state index contributed by atoms with van der Waals surface area (Å²) in [4.78, 5) is 69.8. The normalized spacial score (nSPS) is 14.8. The molecule has 1 aliphatic heterocycles. The predicted octanol–water partition coefficient (Wildman–Crippen LogP) is 4.77. The molecule has 0 bridgehead atoms. The van der Waals surface area contributed by atoms with Crippen molar-refractivity contribution in [3.8, 4) is 5.88 Å². The van der Waals surface area contributed by atoms with Crippen LogP contribution in [0.5, 0.6) is 5.88 Å². The Hall–Kier alpha value is -5.26. The second-order valence-electron chi connectivity index (χ2n) is 11.2. The molecule has 12 heteroatoms. The molecule has 0 spiro atoms. The molecule has 0 aromatic carbocycles. The van der Waals surface area contributed by atoms with E-state index in [9.17, 15) is 39.3 Å². The number of nitrogens with zero attached hydrogens (tertiary/aromatic N) is 1. The van der Waals surface area contributed by atoms with E-state index in [0.29, 0.717) is 51.6 Å². The summed E-state index contributed by atoms with van der Waals surface area (Å²) in [5.74, 6) is -2.85. The predicted molar refractivity (Wildman–Crippen MR) is 174 cm³/mol. The first kappa shape index (κ1) is 35.2. The highest BCUT2D eigenvalue weighted by atomic mass is 16.4. The van der Waals surface area contributed by atoms with Crippen LogP contribution in [0.15, 0.2) is 38.7 Å². The van der Waals surface area contributed by atoms with Crippen LogP contribution in [0.3, 0.4) is 0 Å². The molecule has 1 aliphatic rings. The van der Waals surface area contributed by atoms with E-state index in [2.05, 4.69) is 15.3 Å². The standard InChI is InChI=1S/C34H40N4O8/c1-16-22(8-10-31(42)43)29(36-26(16)12-25(35-7)18(3)24(15-39)20(5)40)14-30-23(9-11-32(44)45)17(2)27(37-30)13-28-19(4)33(21(6)41)34(46)38-28/h12-13,15,35-36,38,46H,8-11,14H2,1-7H3,(H,42,43)(H,44,45)/b24-18+,25-12-,27-13?. The minimum absolute atomic E-state index is 0.0282. The number of aliphatic carboxylic acids is 2. The van der Waals surface area contributed by atoms with Crippen LogP contribution < -0.4 is 5.32 Å². The number of ketones is 2. The van der Waals surface area contributed by atoms with Gasteiger partial charge in [0.05, 0.1) is 22.5 Å². The van der Waals surface area contributed by atoms with E-state index in [1.54, 1.807) is 33.0 Å². The summed E-state index contributed by atoms with van der Waals surface area (Å²) in [6, 6.07) is 0. The number of hydrogen-bond acceptors (Lipinski definition) is 8. The zero-order valence-corrected chi connectivity index (χ0v) is 27.1. The van der Waals surface area contributed by atoms with Crippen LogP contribution in [-0.2, 0) is 32.0 Å². The molecule has 0 saturated carbocycles. The lowest BCUT2D eigenvalue weighted by Crippen LogP contribution is -2.12. The summed E-state index contributed by atoms with van der Waals surface area (Å²) in [7, 11) is 1.66. The van der Waals surface area contributed by atoms with E-state index < -0.39 is 11.9 Å². The van der Waals surface area contributed by atoms with Crippen LogP contribution in [0, 0.1) is 13.8 Å². The van der Waals surface area contributed by atoms with Crippen molar-refractivity contribution in [3.63, 3.8) is 0 Å². The van der Waals surface area contributed by atoms with Crippen LogP contribution in [0.25, 0.3) is 12.2 Å². The molecule has 0 saturated heterocycles. The Morgan fingerprint density at radius 1 is 0.913 bits per heavy atom. The molecular formula is C34H40N4O8. The Morgan fingerprint density at radius 2 is 1.54 bits per heavy atom. The average Bonchev–Trinajstić information content (AvgIpc) is 3.53. The number of hydrogen-bond donors (Lipinski definition) is 6. The highest BCUT2D eigenvalue weighted by Gasteiger charge is 2.26. The lowest BCUT2D eigenvalue weighted by molar-refractivity contribution is -0.137. The lowest BCUT2D eigenvalue weighted by atomic mass is 9.95. The van der Waals surface area contributed by atoms with Gasteiger partial charge < -0.3 is 30.6 Å². The van der Waals surface area contributed by atoms with Gasteiger partial charge in [-0.2, -0.15) is 0 Å². The Morgan fingerprint density at radius 3 is 2.07 bits per heavy atom. The number of carboxylic acid groups (broad SMARTS) is 2. The minimum atomic E-state index is -0.970. The summed E-state index contributed by atoms with van der Waals surface area (Å²) in [6.45, 7) is 9.72. The van der Waals surface area contributed by atoms with Gasteiger partial charge in [-0.15, -0.1) is 0 Å². The van der Waals surface area contributed by atoms with Crippen molar-refractivity contribution in [2.75, 3.05) is 7.05 Å². The topological polar surface area (TPSA) is 202 Å². The number of aromatic amines is 2. The van der Waals surface area contributed by atoms with Crippen molar-refractivity contribution in [2.24, 2.45) is 4.99 Å². The third-order valence-electron chi connectivity index (χ3n) is 8.23. The molecule has 0 aliphatic carbocycles. The van der Waals surface area contributed by atoms with Crippen LogP contribution >= 0.6 is 0 Å². The molecule has 0 fully saturated rings. The molecular weight excluding hydrogens is 592 g/mol. The van der Waals surface area contributed by atoms with Crippen molar-refractivity contribution < 1.29 is 39.3 Å². The molecule has 0 atom stereocenters. The second kappa shape index (κ2) is 14.7. The van der Waals surface area contributed by atoms with E-state index in [1.807, 2.05) is 13.8 Å². The van der Waals surface area contributed by atoms with Crippen LogP contribution in [0.1, 0.15) is 91.1 Å². The van der Waals surface area contributed by atoms with Crippen LogP contribution in [-0.4, -0.2) is 67.8 Å². The highest BCUT2D eigenvalue weighted by Crippen LogP contribution is 2.34. The number of H-pyrrole nitrogens is 2. The van der Waals surface area contributed by atoms with Gasteiger partial charge in [-0.3, -0.25) is 29.0 Å². The van der Waals surface area contributed by atoms with Gasteiger partial charge in [0, 0.05) is 49.1 Å². The number of aromatic hydroxyl groups is 1. The Bertz CT molecular complexity index is 1780. The summed E-state index contributed by atoms with van der Waals surface area (Å²) < 4.78 is 0. The van der Waals surface area contributed by atoms with E-state index in [1.165, 1.54) is 13.8 Å². The molecule has 2 aromatic rings. The maximum Gasteiger partial charge on any atom is 0.303 e. The molecule has 3 rings (SSSR count). The number of aliphatic imine (C=N–C) groups is 1. The zero-order chi connectivity index (χ0) is 34.5. The molecule has 2 aromatic heterocycles. The summed E-state index contributed by atoms with van der Waals surface area (Å²) in [5, 5.41) is 32.2.